The molecule has 0 radical (unpaired) electrons. The van der Waals surface area contributed by atoms with Gasteiger partial charge in [-0.2, -0.15) is 0 Å². The van der Waals surface area contributed by atoms with Crippen LogP contribution in [-0.2, 0) is 6.54 Å². The molecule has 0 bridgehead atoms. The third-order valence-corrected chi connectivity index (χ3v) is 3.99. The number of aliphatic imine (C=N–C) groups is 1. The number of aromatic nitrogens is 1. The summed E-state index contributed by atoms with van der Waals surface area (Å²) in [6.07, 6.45) is 3.77. The number of unbranched alkanes of at least 4 members (excludes halogenated alkanes) is 1. The molecule has 4 nitrogen and oxygen atoms in total. The summed E-state index contributed by atoms with van der Waals surface area (Å²) in [6, 6.07) is 0. The molecule has 0 fully saturated rings. The van der Waals surface area contributed by atoms with Gasteiger partial charge in [-0.25, -0.2) is 9.98 Å². The second-order valence-corrected chi connectivity index (χ2v) is 6.31. The number of thiazole rings is 1. The standard InChI is InChI=1S/C15H28N4S/c1-5-16-15(17-9-7-6-8-12(2)3)18-10-14-13(4)19-11-20-14/h11-12H,5-10H2,1-4H3,(H2,16,17,18). The summed E-state index contributed by atoms with van der Waals surface area (Å²) in [5.74, 6) is 1.70. The normalized spacial score (nSPS) is 11.9. The van der Waals surface area contributed by atoms with Crippen LogP contribution in [0, 0.1) is 12.8 Å². The first-order valence-electron chi connectivity index (χ1n) is 7.54. The summed E-state index contributed by atoms with van der Waals surface area (Å²) < 4.78 is 0. The Labute approximate surface area is 127 Å². The maximum absolute atomic E-state index is 4.61. The Morgan fingerprint density at radius 1 is 1.35 bits per heavy atom. The maximum atomic E-state index is 4.61. The molecule has 0 aliphatic carbocycles. The Morgan fingerprint density at radius 2 is 2.15 bits per heavy atom. The molecule has 0 amide bonds. The zero-order chi connectivity index (χ0) is 14.8. The molecule has 0 aliphatic rings. The van der Waals surface area contributed by atoms with Gasteiger partial charge in [0, 0.05) is 18.0 Å². The van der Waals surface area contributed by atoms with Crippen LogP contribution < -0.4 is 10.6 Å². The first-order chi connectivity index (χ1) is 9.63. The lowest BCUT2D eigenvalue weighted by Gasteiger charge is -2.11. The van der Waals surface area contributed by atoms with E-state index in [1.54, 1.807) is 11.3 Å². The molecule has 0 saturated heterocycles. The Morgan fingerprint density at radius 3 is 2.75 bits per heavy atom. The minimum absolute atomic E-state index is 0.706. The predicted molar refractivity (Wildman–Crippen MR) is 88.4 cm³/mol. The van der Waals surface area contributed by atoms with Crippen LogP contribution in [0.4, 0.5) is 0 Å². The van der Waals surface area contributed by atoms with E-state index in [4.69, 9.17) is 0 Å². The van der Waals surface area contributed by atoms with Crippen molar-refractivity contribution in [1.29, 1.82) is 0 Å². The Balaban J connectivity index is 2.34. The van der Waals surface area contributed by atoms with Gasteiger partial charge >= 0.3 is 0 Å². The number of hydrogen-bond acceptors (Lipinski definition) is 3. The fraction of sp³-hybridized carbons (Fsp3) is 0.733. The molecule has 0 atom stereocenters. The van der Waals surface area contributed by atoms with Crippen LogP contribution in [0.1, 0.15) is 50.6 Å². The maximum Gasteiger partial charge on any atom is 0.191 e. The highest BCUT2D eigenvalue weighted by atomic mass is 32.1. The minimum atomic E-state index is 0.706. The molecule has 0 aromatic carbocycles. The molecule has 5 heteroatoms. The van der Waals surface area contributed by atoms with Gasteiger partial charge in [-0.05, 0) is 26.2 Å². The van der Waals surface area contributed by atoms with Crippen molar-refractivity contribution in [2.24, 2.45) is 10.9 Å². The lowest BCUT2D eigenvalue weighted by molar-refractivity contribution is 0.534. The van der Waals surface area contributed by atoms with E-state index in [1.807, 2.05) is 12.4 Å². The monoisotopic (exact) mass is 296 g/mol. The van der Waals surface area contributed by atoms with Gasteiger partial charge in [-0.3, -0.25) is 0 Å². The van der Waals surface area contributed by atoms with Crippen LogP contribution in [0.2, 0.25) is 0 Å². The fourth-order valence-corrected chi connectivity index (χ4v) is 2.56. The number of hydrogen-bond donors (Lipinski definition) is 2. The van der Waals surface area contributed by atoms with Crippen molar-refractivity contribution in [3.63, 3.8) is 0 Å². The highest BCUT2D eigenvalue weighted by Crippen LogP contribution is 2.12. The number of nitrogens with zero attached hydrogens (tertiary/aromatic N) is 2. The second kappa shape index (κ2) is 9.75. The Hall–Kier alpha value is -1.10. The third kappa shape index (κ3) is 6.89. The molecule has 1 heterocycles. The van der Waals surface area contributed by atoms with Crippen molar-refractivity contribution in [2.75, 3.05) is 13.1 Å². The topological polar surface area (TPSA) is 49.3 Å². The van der Waals surface area contributed by atoms with Crippen LogP contribution >= 0.6 is 11.3 Å². The van der Waals surface area contributed by atoms with Crippen molar-refractivity contribution < 1.29 is 0 Å². The average molecular weight is 296 g/mol. The molecule has 0 saturated carbocycles. The van der Waals surface area contributed by atoms with Gasteiger partial charge in [0.1, 0.15) is 0 Å². The van der Waals surface area contributed by atoms with E-state index < -0.39 is 0 Å². The second-order valence-electron chi connectivity index (χ2n) is 5.37. The van der Waals surface area contributed by atoms with Crippen molar-refractivity contribution in [3.05, 3.63) is 16.1 Å². The van der Waals surface area contributed by atoms with E-state index in [0.29, 0.717) is 6.54 Å². The number of rotatable bonds is 8. The van der Waals surface area contributed by atoms with E-state index in [2.05, 4.69) is 41.4 Å². The molecule has 114 valence electrons. The molecule has 2 N–H and O–H groups in total. The van der Waals surface area contributed by atoms with Crippen LogP contribution in [0.15, 0.2) is 10.5 Å². The Kier molecular flexibility index (Phi) is 8.26. The molecule has 1 rings (SSSR count). The van der Waals surface area contributed by atoms with Gasteiger partial charge < -0.3 is 10.6 Å². The molecular weight excluding hydrogens is 268 g/mol. The summed E-state index contributed by atoms with van der Waals surface area (Å²) in [4.78, 5) is 10.1. The van der Waals surface area contributed by atoms with Gasteiger partial charge in [0.05, 0.1) is 17.7 Å². The molecule has 20 heavy (non-hydrogen) atoms. The van der Waals surface area contributed by atoms with Crippen LogP contribution in [0.25, 0.3) is 0 Å². The SMILES string of the molecule is CCNC(=NCc1scnc1C)NCCCCC(C)C. The van der Waals surface area contributed by atoms with E-state index in [0.717, 1.165) is 30.7 Å². The van der Waals surface area contributed by atoms with Crippen molar-refractivity contribution in [2.45, 2.75) is 53.5 Å². The number of nitrogens with one attached hydrogen (secondary N) is 2. The van der Waals surface area contributed by atoms with E-state index in [9.17, 15) is 0 Å². The molecule has 0 unspecified atom stereocenters. The highest BCUT2D eigenvalue weighted by molar-refractivity contribution is 7.09. The summed E-state index contributed by atoms with van der Waals surface area (Å²) in [7, 11) is 0. The van der Waals surface area contributed by atoms with Gasteiger partial charge in [0.2, 0.25) is 0 Å². The van der Waals surface area contributed by atoms with Crippen LogP contribution in [-0.4, -0.2) is 24.0 Å². The molecule has 0 aliphatic heterocycles. The third-order valence-electron chi connectivity index (χ3n) is 3.07. The molecule has 1 aromatic heterocycles. The first-order valence-corrected chi connectivity index (χ1v) is 8.42. The van der Waals surface area contributed by atoms with Crippen molar-refractivity contribution in [1.82, 2.24) is 15.6 Å². The van der Waals surface area contributed by atoms with Crippen LogP contribution in [0.5, 0.6) is 0 Å². The summed E-state index contributed by atoms with van der Waals surface area (Å²) in [5.41, 5.74) is 2.97. The molecular formula is C15H28N4S. The van der Waals surface area contributed by atoms with Gasteiger partial charge in [0.25, 0.3) is 0 Å². The van der Waals surface area contributed by atoms with Gasteiger partial charge in [-0.1, -0.05) is 26.7 Å². The number of aryl methyl sites for hydroxylation is 1. The fourth-order valence-electron chi connectivity index (χ4n) is 1.85. The van der Waals surface area contributed by atoms with E-state index in [1.165, 1.54) is 24.1 Å². The van der Waals surface area contributed by atoms with Crippen LogP contribution in [0.3, 0.4) is 0 Å². The lowest BCUT2D eigenvalue weighted by Crippen LogP contribution is -2.37. The molecule has 1 aromatic rings. The highest BCUT2D eigenvalue weighted by Gasteiger charge is 2.02. The van der Waals surface area contributed by atoms with Crippen molar-refractivity contribution in [3.8, 4) is 0 Å². The van der Waals surface area contributed by atoms with E-state index in [-0.39, 0.29) is 0 Å². The van der Waals surface area contributed by atoms with Gasteiger partial charge in [0.15, 0.2) is 5.96 Å². The first kappa shape index (κ1) is 17.0. The molecule has 0 spiro atoms. The quantitative estimate of drug-likeness (QED) is 0.439. The summed E-state index contributed by atoms with van der Waals surface area (Å²) in [5, 5.41) is 6.69. The number of guanidine groups is 1. The van der Waals surface area contributed by atoms with Gasteiger partial charge in [-0.15, -0.1) is 11.3 Å². The van der Waals surface area contributed by atoms with Crippen molar-refractivity contribution >= 4 is 17.3 Å². The zero-order valence-corrected chi connectivity index (χ0v) is 14.0. The largest absolute Gasteiger partial charge is 0.357 e. The lowest BCUT2D eigenvalue weighted by atomic mass is 10.1. The van der Waals surface area contributed by atoms with E-state index >= 15 is 0 Å². The average Bonchev–Trinajstić information content (AvgIpc) is 2.80. The minimum Gasteiger partial charge on any atom is -0.357 e. The zero-order valence-electron chi connectivity index (χ0n) is 13.2. The smallest absolute Gasteiger partial charge is 0.191 e. The Bertz CT molecular complexity index is 398. The predicted octanol–water partition coefficient (Wildman–Crippen LogP) is 3.33. The summed E-state index contributed by atoms with van der Waals surface area (Å²) >= 11 is 1.67. The summed E-state index contributed by atoms with van der Waals surface area (Å²) in [6.45, 7) is 11.3.